The number of carbonyl (C=O) groups is 1. The molecule has 0 radical (unpaired) electrons. The second-order valence-electron chi connectivity index (χ2n) is 3.83. The van der Waals surface area contributed by atoms with E-state index in [0.717, 1.165) is 11.1 Å². The summed E-state index contributed by atoms with van der Waals surface area (Å²) in [5.41, 5.74) is 2.05. The summed E-state index contributed by atoms with van der Waals surface area (Å²) in [6, 6.07) is 11.8. The Morgan fingerprint density at radius 1 is 1.28 bits per heavy atom. The Labute approximate surface area is 108 Å². The van der Waals surface area contributed by atoms with E-state index in [-0.39, 0.29) is 12.2 Å². The van der Waals surface area contributed by atoms with E-state index in [1.807, 2.05) is 43.3 Å². The molecule has 0 saturated heterocycles. The van der Waals surface area contributed by atoms with Crippen molar-refractivity contribution in [3.8, 4) is 6.07 Å². The summed E-state index contributed by atoms with van der Waals surface area (Å²) in [5, 5.41) is 9.09. The molecule has 0 unspecified atom stereocenters. The van der Waals surface area contributed by atoms with Crippen LogP contribution in [-0.2, 0) is 16.0 Å². The normalized spacial score (nSPS) is 11.4. The zero-order valence-electron chi connectivity index (χ0n) is 10.8. The van der Waals surface area contributed by atoms with Crippen molar-refractivity contribution in [2.24, 2.45) is 0 Å². The van der Waals surface area contributed by atoms with Crippen LogP contribution >= 0.6 is 0 Å². The van der Waals surface area contributed by atoms with Gasteiger partial charge in [-0.15, -0.1) is 0 Å². The lowest BCUT2D eigenvalue weighted by Gasteiger charge is -2.08. The van der Waals surface area contributed by atoms with Crippen molar-refractivity contribution in [2.75, 3.05) is 6.61 Å². The molecule has 0 aliphatic heterocycles. The van der Waals surface area contributed by atoms with E-state index < -0.39 is 5.97 Å². The van der Waals surface area contributed by atoms with E-state index in [9.17, 15) is 4.79 Å². The van der Waals surface area contributed by atoms with Crippen molar-refractivity contribution in [3.05, 3.63) is 47.0 Å². The summed E-state index contributed by atoms with van der Waals surface area (Å²) in [7, 11) is 0. The molecular formula is C15H17NO2. The van der Waals surface area contributed by atoms with Crippen LogP contribution in [0.5, 0.6) is 0 Å². The largest absolute Gasteiger partial charge is 0.462 e. The van der Waals surface area contributed by atoms with Gasteiger partial charge in [0.15, 0.2) is 0 Å². The van der Waals surface area contributed by atoms with Gasteiger partial charge in [-0.2, -0.15) is 5.26 Å². The number of ether oxygens (including phenoxy) is 1. The smallest absolute Gasteiger partial charge is 0.348 e. The first kappa shape index (κ1) is 14.0. The molecule has 18 heavy (non-hydrogen) atoms. The van der Waals surface area contributed by atoms with E-state index in [4.69, 9.17) is 10.00 Å². The van der Waals surface area contributed by atoms with E-state index >= 15 is 0 Å². The summed E-state index contributed by atoms with van der Waals surface area (Å²) in [4.78, 5) is 11.7. The van der Waals surface area contributed by atoms with Crippen LogP contribution in [0.25, 0.3) is 0 Å². The van der Waals surface area contributed by atoms with Gasteiger partial charge in [-0.05, 0) is 30.9 Å². The highest BCUT2D eigenvalue weighted by Crippen LogP contribution is 2.16. The first-order valence-corrected chi connectivity index (χ1v) is 6.06. The maximum absolute atomic E-state index is 11.7. The topological polar surface area (TPSA) is 50.1 Å². The summed E-state index contributed by atoms with van der Waals surface area (Å²) < 4.78 is 4.90. The molecule has 0 spiro atoms. The Morgan fingerprint density at radius 3 is 2.44 bits per heavy atom. The Hall–Kier alpha value is -2.08. The van der Waals surface area contributed by atoms with Gasteiger partial charge in [0.05, 0.1) is 6.61 Å². The molecule has 1 aromatic carbocycles. The molecular weight excluding hydrogens is 226 g/mol. The predicted octanol–water partition coefficient (Wildman–Crippen LogP) is 3.02. The third-order valence-corrected chi connectivity index (χ3v) is 2.63. The molecule has 0 fully saturated rings. The molecule has 1 aromatic rings. The number of carbonyl (C=O) groups excluding carboxylic acids is 1. The number of rotatable bonds is 5. The Balaban J connectivity index is 2.98. The SMILES string of the molecule is CCOC(=O)/C(C#N)=C(\CC)Cc1ccccc1. The van der Waals surface area contributed by atoms with Crippen LogP contribution in [0, 0.1) is 11.3 Å². The summed E-state index contributed by atoms with van der Waals surface area (Å²) in [6.07, 6.45) is 1.27. The highest BCUT2D eigenvalue weighted by Gasteiger charge is 2.15. The molecule has 0 heterocycles. The van der Waals surface area contributed by atoms with Gasteiger partial charge in [0.25, 0.3) is 0 Å². The predicted molar refractivity (Wildman–Crippen MR) is 69.7 cm³/mol. The lowest BCUT2D eigenvalue weighted by molar-refractivity contribution is -0.138. The van der Waals surface area contributed by atoms with Crippen molar-refractivity contribution in [2.45, 2.75) is 26.7 Å². The van der Waals surface area contributed by atoms with Crippen molar-refractivity contribution in [3.63, 3.8) is 0 Å². The van der Waals surface area contributed by atoms with Crippen molar-refractivity contribution in [1.29, 1.82) is 5.26 Å². The first-order chi connectivity index (χ1) is 8.72. The molecule has 94 valence electrons. The summed E-state index contributed by atoms with van der Waals surface area (Å²) in [6.45, 7) is 3.96. The summed E-state index contributed by atoms with van der Waals surface area (Å²) >= 11 is 0. The minimum Gasteiger partial charge on any atom is -0.462 e. The van der Waals surface area contributed by atoms with Gasteiger partial charge in [-0.25, -0.2) is 4.79 Å². The zero-order chi connectivity index (χ0) is 13.4. The minimum atomic E-state index is -0.521. The summed E-state index contributed by atoms with van der Waals surface area (Å²) in [5.74, 6) is -0.521. The van der Waals surface area contributed by atoms with Crippen LogP contribution < -0.4 is 0 Å². The van der Waals surface area contributed by atoms with Gasteiger partial charge in [-0.1, -0.05) is 37.3 Å². The monoisotopic (exact) mass is 243 g/mol. The lowest BCUT2D eigenvalue weighted by Crippen LogP contribution is -2.10. The van der Waals surface area contributed by atoms with Gasteiger partial charge in [0, 0.05) is 0 Å². The molecule has 0 atom stereocenters. The number of hydrogen-bond donors (Lipinski definition) is 0. The highest BCUT2D eigenvalue weighted by molar-refractivity contribution is 5.93. The van der Waals surface area contributed by atoms with E-state index in [2.05, 4.69) is 0 Å². The van der Waals surface area contributed by atoms with Gasteiger partial charge >= 0.3 is 5.97 Å². The standard InChI is InChI=1S/C15H17NO2/c1-3-13(10-12-8-6-5-7-9-12)14(11-16)15(17)18-4-2/h5-9H,3-4,10H2,1-2H3/b14-13+. The number of allylic oxidation sites excluding steroid dienone is 1. The number of nitrogens with zero attached hydrogens (tertiary/aromatic N) is 1. The van der Waals surface area contributed by atoms with Crippen LogP contribution in [0.1, 0.15) is 25.8 Å². The maximum Gasteiger partial charge on any atom is 0.348 e. The van der Waals surface area contributed by atoms with Gasteiger partial charge in [0.1, 0.15) is 11.6 Å². The average Bonchev–Trinajstić information content (AvgIpc) is 2.40. The quantitative estimate of drug-likeness (QED) is 0.454. The van der Waals surface area contributed by atoms with E-state index in [1.54, 1.807) is 6.92 Å². The molecule has 0 aromatic heterocycles. The third-order valence-electron chi connectivity index (χ3n) is 2.63. The number of esters is 1. The number of hydrogen-bond acceptors (Lipinski definition) is 3. The van der Waals surface area contributed by atoms with Crippen LogP contribution in [0.2, 0.25) is 0 Å². The zero-order valence-corrected chi connectivity index (χ0v) is 10.8. The molecule has 0 amide bonds. The Kier molecular flexibility index (Phi) is 5.66. The molecule has 0 N–H and O–H groups in total. The lowest BCUT2D eigenvalue weighted by atomic mass is 9.98. The van der Waals surface area contributed by atoms with Crippen LogP contribution in [0.4, 0.5) is 0 Å². The van der Waals surface area contributed by atoms with Gasteiger partial charge < -0.3 is 4.74 Å². The van der Waals surface area contributed by atoms with Crippen LogP contribution in [0.15, 0.2) is 41.5 Å². The molecule has 3 nitrogen and oxygen atoms in total. The molecule has 1 rings (SSSR count). The van der Waals surface area contributed by atoms with Crippen LogP contribution in [0.3, 0.4) is 0 Å². The molecule has 0 aliphatic carbocycles. The minimum absolute atomic E-state index is 0.142. The fourth-order valence-corrected chi connectivity index (χ4v) is 1.70. The molecule has 3 heteroatoms. The highest BCUT2D eigenvalue weighted by atomic mass is 16.5. The second-order valence-corrected chi connectivity index (χ2v) is 3.83. The first-order valence-electron chi connectivity index (χ1n) is 6.06. The van der Waals surface area contributed by atoms with Crippen molar-refractivity contribution < 1.29 is 9.53 Å². The molecule has 0 bridgehead atoms. The maximum atomic E-state index is 11.7. The molecule has 0 aliphatic rings. The average molecular weight is 243 g/mol. The van der Waals surface area contributed by atoms with Crippen molar-refractivity contribution in [1.82, 2.24) is 0 Å². The van der Waals surface area contributed by atoms with Crippen molar-refractivity contribution >= 4 is 5.97 Å². The second kappa shape index (κ2) is 7.29. The van der Waals surface area contributed by atoms with E-state index in [1.165, 1.54) is 0 Å². The Bertz CT molecular complexity index is 469. The molecule has 0 saturated carbocycles. The number of nitriles is 1. The fourth-order valence-electron chi connectivity index (χ4n) is 1.70. The fraction of sp³-hybridized carbons (Fsp3) is 0.333. The van der Waals surface area contributed by atoms with E-state index in [0.29, 0.717) is 12.8 Å². The Morgan fingerprint density at radius 2 is 1.94 bits per heavy atom. The van der Waals surface area contributed by atoms with Crippen LogP contribution in [-0.4, -0.2) is 12.6 Å². The van der Waals surface area contributed by atoms with Gasteiger partial charge in [0.2, 0.25) is 0 Å². The van der Waals surface area contributed by atoms with Gasteiger partial charge in [-0.3, -0.25) is 0 Å². The third kappa shape index (κ3) is 3.74. The number of benzene rings is 1.